The minimum atomic E-state index is 1.11. The zero-order valence-electron chi connectivity index (χ0n) is 7.26. The van der Waals surface area contributed by atoms with Crippen LogP contribution < -0.4 is 0 Å². The van der Waals surface area contributed by atoms with Crippen LogP contribution in [0.3, 0.4) is 0 Å². The molecular formula is C10H13N. The van der Waals surface area contributed by atoms with Crippen molar-refractivity contribution in [1.82, 2.24) is 4.98 Å². The predicted molar refractivity (Wildman–Crippen MR) is 48.3 cm³/mol. The van der Waals surface area contributed by atoms with Gasteiger partial charge in [0.2, 0.25) is 0 Å². The highest BCUT2D eigenvalue weighted by atomic mass is 14.7. The van der Waals surface area contributed by atoms with Gasteiger partial charge in [-0.15, -0.1) is 0 Å². The van der Waals surface area contributed by atoms with Crippen molar-refractivity contribution in [2.45, 2.75) is 20.8 Å². The van der Waals surface area contributed by atoms with E-state index in [4.69, 9.17) is 0 Å². The van der Waals surface area contributed by atoms with E-state index in [1.165, 1.54) is 11.1 Å². The highest BCUT2D eigenvalue weighted by Gasteiger charge is 1.97. The number of allylic oxidation sites excluding steroid dienone is 2. The summed E-state index contributed by atoms with van der Waals surface area (Å²) in [6.45, 7) is 6.19. The molecule has 1 aromatic heterocycles. The molecule has 0 aliphatic carbocycles. The molecule has 0 fully saturated rings. The van der Waals surface area contributed by atoms with E-state index in [9.17, 15) is 0 Å². The lowest BCUT2D eigenvalue weighted by atomic mass is 10.1. The largest absolute Gasteiger partial charge is 0.256 e. The van der Waals surface area contributed by atoms with Crippen molar-refractivity contribution in [3.8, 4) is 0 Å². The molecular weight excluding hydrogens is 134 g/mol. The van der Waals surface area contributed by atoms with E-state index in [1.54, 1.807) is 0 Å². The Labute approximate surface area is 67.8 Å². The average molecular weight is 147 g/mol. The average Bonchev–Trinajstić information content (AvgIpc) is 2.04. The molecule has 1 aromatic rings. The topological polar surface area (TPSA) is 12.9 Å². The normalized spacial score (nSPS) is 11.7. The first-order valence-corrected chi connectivity index (χ1v) is 3.80. The second kappa shape index (κ2) is 3.33. The van der Waals surface area contributed by atoms with Crippen molar-refractivity contribution in [3.63, 3.8) is 0 Å². The van der Waals surface area contributed by atoms with Crippen LogP contribution in [0.5, 0.6) is 0 Å². The van der Waals surface area contributed by atoms with Crippen LogP contribution in [-0.2, 0) is 0 Å². The number of aromatic nitrogens is 1. The standard InChI is InChI=1S/C10H13N/c1-4-8(2)10-9(3)6-5-7-11-10/h4-7H,1-3H3. The first-order valence-electron chi connectivity index (χ1n) is 3.80. The molecule has 0 amide bonds. The Morgan fingerprint density at radius 1 is 1.55 bits per heavy atom. The molecule has 0 aromatic carbocycles. The summed E-state index contributed by atoms with van der Waals surface area (Å²) in [7, 11) is 0. The number of nitrogens with zero attached hydrogens (tertiary/aromatic N) is 1. The molecule has 1 heteroatoms. The highest BCUT2D eigenvalue weighted by Crippen LogP contribution is 2.13. The van der Waals surface area contributed by atoms with E-state index in [0.717, 1.165) is 5.69 Å². The van der Waals surface area contributed by atoms with Crippen molar-refractivity contribution in [3.05, 3.63) is 35.7 Å². The summed E-state index contributed by atoms with van der Waals surface area (Å²) in [6, 6.07) is 4.04. The molecule has 0 aliphatic rings. The fraction of sp³-hybridized carbons (Fsp3) is 0.300. The summed E-state index contributed by atoms with van der Waals surface area (Å²) in [6.07, 6.45) is 3.91. The van der Waals surface area contributed by atoms with Crippen LogP contribution in [0, 0.1) is 6.92 Å². The number of hydrogen-bond acceptors (Lipinski definition) is 1. The third-order valence-electron chi connectivity index (χ3n) is 1.82. The molecule has 0 aliphatic heterocycles. The fourth-order valence-electron chi connectivity index (χ4n) is 1.04. The summed E-state index contributed by atoms with van der Waals surface area (Å²) in [4.78, 5) is 4.28. The number of hydrogen-bond donors (Lipinski definition) is 0. The molecule has 1 nitrogen and oxygen atoms in total. The van der Waals surface area contributed by atoms with Crippen molar-refractivity contribution in [2.75, 3.05) is 0 Å². The molecule has 0 spiro atoms. The van der Waals surface area contributed by atoms with Gasteiger partial charge in [-0.3, -0.25) is 4.98 Å². The highest BCUT2D eigenvalue weighted by molar-refractivity contribution is 5.62. The quantitative estimate of drug-likeness (QED) is 0.595. The van der Waals surface area contributed by atoms with Crippen LogP contribution in [-0.4, -0.2) is 4.98 Å². The van der Waals surface area contributed by atoms with Gasteiger partial charge in [0.1, 0.15) is 0 Å². The van der Waals surface area contributed by atoms with E-state index in [2.05, 4.69) is 31.0 Å². The second-order valence-electron chi connectivity index (χ2n) is 2.64. The van der Waals surface area contributed by atoms with Crippen molar-refractivity contribution < 1.29 is 0 Å². The van der Waals surface area contributed by atoms with Crippen molar-refractivity contribution in [2.24, 2.45) is 0 Å². The fourth-order valence-corrected chi connectivity index (χ4v) is 1.04. The number of pyridine rings is 1. The molecule has 0 atom stereocenters. The summed E-state index contributed by atoms with van der Waals surface area (Å²) >= 11 is 0. The second-order valence-corrected chi connectivity index (χ2v) is 2.64. The van der Waals surface area contributed by atoms with Gasteiger partial charge in [-0.2, -0.15) is 0 Å². The van der Waals surface area contributed by atoms with Crippen LogP contribution in [0.1, 0.15) is 25.1 Å². The van der Waals surface area contributed by atoms with Gasteiger partial charge in [-0.05, 0) is 38.0 Å². The summed E-state index contributed by atoms with van der Waals surface area (Å²) in [5.74, 6) is 0. The minimum absolute atomic E-state index is 1.11. The van der Waals surface area contributed by atoms with E-state index >= 15 is 0 Å². The van der Waals surface area contributed by atoms with Crippen molar-refractivity contribution in [1.29, 1.82) is 0 Å². The lowest BCUT2D eigenvalue weighted by Gasteiger charge is -2.02. The summed E-state index contributed by atoms with van der Waals surface area (Å²) < 4.78 is 0. The van der Waals surface area contributed by atoms with Gasteiger partial charge in [-0.1, -0.05) is 12.1 Å². The van der Waals surface area contributed by atoms with Crippen molar-refractivity contribution >= 4 is 5.57 Å². The maximum Gasteiger partial charge on any atom is 0.0684 e. The van der Waals surface area contributed by atoms with E-state index in [-0.39, 0.29) is 0 Å². The SMILES string of the molecule is CC=C(C)c1ncccc1C. The summed E-state index contributed by atoms with van der Waals surface area (Å²) in [5, 5.41) is 0. The van der Waals surface area contributed by atoms with E-state index < -0.39 is 0 Å². The Kier molecular flexibility index (Phi) is 2.42. The Bertz CT molecular complexity index is 274. The first-order chi connectivity index (χ1) is 5.25. The van der Waals surface area contributed by atoms with Crippen LogP contribution in [0.15, 0.2) is 24.4 Å². The monoisotopic (exact) mass is 147 g/mol. The smallest absolute Gasteiger partial charge is 0.0684 e. The van der Waals surface area contributed by atoms with Gasteiger partial charge in [-0.25, -0.2) is 0 Å². The van der Waals surface area contributed by atoms with E-state index in [1.807, 2.05) is 19.2 Å². The van der Waals surface area contributed by atoms with Crippen LogP contribution in [0.4, 0.5) is 0 Å². The molecule has 0 saturated heterocycles. The van der Waals surface area contributed by atoms with Gasteiger partial charge in [0.25, 0.3) is 0 Å². The molecule has 58 valence electrons. The molecule has 0 bridgehead atoms. The predicted octanol–water partition coefficient (Wildman–Crippen LogP) is 2.81. The number of aryl methyl sites for hydroxylation is 1. The van der Waals surface area contributed by atoms with Crippen LogP contribution >= 0.6 is 0 Å². The third-order valence-corrected chi connectivity index (χ3v) is 1.82. The number of rotatable bonds is 1. The Morgan fingerprint density at radius 3 is 2.82 bits per heavy atom. The molecule has 0 unspecified atom stereocenters. The Morgan fingerprint density at radius 2 is 2.27 bits per heavy atom. The van der Waals surface area contributed by atoms with Gasteiger partial charge >= 0.3 is 0 Å². The minimum Gasteiger partial charge on any atom is -0.256 e. The molecule has 0 saturated carbocycles. The maximum absolute atomic E-state index is 4.28. The summed E-state index contributed by atoms with van der Waals surface area (Å²) in [5.41, 5.74) is 3.58. The Hall–Kier alpha value is -1.11. The molecule has 1 rings (SSSR count). The van der Waals surface area contributed by atoms with E-state index in [0.29, 0.717) is 0 Å². The lowest BCUT2D eigenvalue weighted by Crippen LogP contribution is -1.88. The molecule has 0 N–H and O–H groups in total. The van der Waals surface area contributed by atoms with Gasteiger partial charge < -0.3 is 0 Å². The maximum atomic E-state index is 4.28. The van der Waals surface area contributed by atoms with Gasteiger partial charge in [0, 0.05) is 6.20 Å². The van der Waals surface area contributed by atoms with Crippen LogP contribution in [0.25, 0.3) is 5.57 Å². The molecule has 1 heterocycles. The molecule has 11 heavy (non-hydrogen) atoms. The third kappa shape index (κ3) is 1.67. The lowest BCUT2D eigenvalue weighted by molar-refractivity contribution is 1.21. The Balaban J connectivity index is 3.14. The first kappa shape index (κ1) is 7.99. The van der Waals surface area contributed by atoms with Gasteiger partial charge in [0.15, 0.2) is 0 Å². The van der Waals surface area contributed by atoms with Gasteiger partial charge in [0.05, 0.1) is 5.69 Å². The molecule has 0 radical (unpaired) electrons. The van der Waals surface area contributed by atoms with Crippen LogP contribution in [0.2, 0.25) is 0 Å². The zero-order chi connectivity index (χ0) is 8.27. The zero-order valence-corrected chi connectivity index (χ0v) is 7.26.